The number of allylic oxidation sites excluding steroid dienone is 1. The summed E-state index contributed by atoms with van der Waals surface area (Å²) < 4.78 is 7.76. The van der Waals surface area contributed by atoms with Gasteiger partial charge in [0.25, 0.3) is 0 Å². The zero-order valence-electron chi connectivity index (χ0n) is 14.7. The van der Waals surface area contributed by atoms with Crippen LogP contribution in [0.3, 0.4) is 0 Å². The Morgan fingerprint density at radius 2 is 2.08 bits per heavy atom. The number of Topliss-reactive ketones (excluding diaryl/α,β-unsaturated/α-hetero) is 1. The highest BCUT2D eigenvalue weighted by molar-refractivity contribution is 6.00. The molecule has 1 aromatic carbocycles. The Balaban J connectivity index is 0.00000196. The van der Waals surface area contributed by atoms with Gasteiger partial charge in [0.15, 0.2) is 5.78 Å². The van der Waals surface area contributed by atoms with Crippen LogP contribution in [0.25, 0.3) is 0 Å². The molecular formula is C20H21ClN2O3. The number of benzene rings is 1. The molecule has 2 heterocycles. The van der Waals surface area contributed by atoms with Crippen LogP contribution < -0.4 is 10.1 Å². The Morgan fingerprint density at radius 1 is 1.35 bits per heavy atom. The lowest BCUT2D eigenvalue weighted by Gasteiger charge is -2.32. The molecule has 6 heteroatoms. The molecule has 0 unspecified atom stereocenters. The Bertz CT molecular complexity index is 888. The number of hydrogen-bond acceptors (Lipinski definition) is 3. The van der Waals surface area contributed by atoms with Crippen LogP contribution in [0, 0.1) is 6.92 Å². The molecule has 1 aromatic heterocycles. The number of hydrogen-bond donors (Lipinski definition) is 1. The van der Waals surface area contributed by atoms with Gasteiger partial charge in [0.05, 0.1) is 17.5 Å². The van der Waals surface area contributed by atoms with E-state index in [2.05, 4.69) is 18.3 Å². The summed E-state index contributed by atoms with van der Waals surface area (Å²) >= 11 is 0. The summed E-state index contributed by atoms with van der Waals surface area (Å²) in [6, 6.07) is 9.78. The lowest BCUT2D eigenvalue weighted by atomic mass is 9.73. The van der Waals surface area contributed by atoms with E-state index in [1.165, 1.54) is 0 Å². The second-order valence-electron chi connectivity index (χ2n) is 6.98. The maximum absolute atomic E-state index is 12.5. The van der Waals surface area contributed by atoms with Gasteiger partial charge in [-0.2, -0.15) is 0 Å². The van der Waals surface area contributed by atoms with Gasteiger partial charge in [0, 0.05) is 18.0 Å². The van der Waals surface area contributed by atoms with E-state index in [0.717, 1.165) is 16.9 Å². The molecule has 2 aliphatic rings. The molecule has 26 heavy (non-hydrogen) atoms. The number of carbonyl (C=O) groups is 2. The number of nitrogens with zero attached hydrogens (tertiary/aromatic N) is 1. The Kier molecular flexibility index (Phi) is 4.67. The summed E-state index contributed by atoms with van der Waals surface area (Å²) in [5, 5.41) is 2.79. The molecule has 0 saturated heterocycles. The first kappa shape index (κ1) is 18.3. The quantitative estimate of drug-likeness (QED) is 0.901. The minimum atomic E-state index is -0.411. The highest BCUT2D eigenvalue weighted by Gasteiger charge is 2.48. The molecular weight excluding hydrogens is 352 g/mol. The number of rotatable bonds is 3. The number of halogens is 1. The Labute approximate surface area is 158 Å². The number of ether oxygens (including phenoxy) is 1. The van der Waals surface area contributed by atoms with E-state index in [0.29, 0.717) is 5.70 Å². The molecule has 0 bridgehead atoms. The summed E-state index contributed by atoms with van der Waals surface area (Å²) in [7, 11) is 0. The van der Waals surface area contributed by atoms with Gasteiger partial charge in [-0.05, 0) is 38.1 Å². The molecule has 4 rings (SSSR count). The fourth-order valence-corrected chi connectivity index (χ4v) is 3.64. The van der Waals surface area contributed by atoms with Crippen molar-refractivity contribution in [2.75, 3.05) is 0 Å². The van der Waals surface area contributed by atoms with E-state index in [4.69, 9.17) is 4.74 Å². The third-order valence-corrected chi connectivity index (χ3v) is 5.04. The number of fused-ring (bicyclic) bond motifs is 3. The Morgan fingerprint density at radius 3 is 2.81 bits per heavy atom. The summed E-state index contributed by atoms with van der Waals surface area (Å²) in [5.41, 5.74) is 2.18. The van der Waals surface area contributed by atoms with E-state index in [1.807, 2.05) is 49.7 Å². The molecule has 1 N–H and O–H groups in total. The number of amides is 1. The number of aryl methyl sites for hydroxylation is 1. The minimum absolute atomic E-state index is 0. The van der Waals surface area contributed by atoms with Gasteiger partial charge in [-0.15, -0.1) is 12.4 Å². The third-order valence-electron chi connectivity index (χ3n) is 5.04. The SMILES string of the molecule is Cc1ccc2c(c1)[C@]1(C)C=C(NC(=O)Cn3cccc3)C(=O)C[C@@H]1O2.Cl. The van der Waals surface area contributed by atoms with Crippen LogP contribution in [-0.2, 0) is 21.5 Å². The predicted molar refractivity (Wildman–Crippen MR) is 100 cm³/mol. The standard InChI is InChI=1S/C20H20N2O3.ClH/c1-13-5-6-17-14(9-13)20(2)11-15(16(23)10-18(20)25-17)21-19(24)12-22-7-3-4-8-22;/h3-9,11,18H,10,12H2,1-2H3,(H,21,24);1H/t18-,20-;/m0./s1. The van der Waals surface area contributed by atoms with Gasteiger partial charge in [0.1, 0.15) is 18.4 Å². The maximum atomic E-state index is 12.5. The van der Waals surface area contributed by atoms with Crippen molar-refractivity contribution in [2.24, 2.45) is 0 Å². The smallest absolute Gasteiger partial charge is 0.244 e. The lowest BCUT2D eigenvalue weighted by Crippen LogP contribution is -2.43. The molecule has 0 saturated carbocycles. The molecule has 0 fully saturated rings. The lowest BCUT2D eigenvalue weighted by molar-refractivity contribution is -0.124. The van der Waals surface area contributed by atoms with Gasteiger partial charge in [-0.1, -0.05) is 17.7 Å². The second kappa shape index (κ2) is 6.65. The molecule has 1 aliphatic heterocycles. The highest BCUT2D eigenvalue weighted by Crippen LogP contribution is 2.47. The van der Waals surface area contributed by atoms with Crippen molar-refractivity contribution < 1.29 is 14.3 Å². The first-order valence-electron chi connectivity index (χ1n) is 8.40. The Hall–Kier alpha value is -2.53. The molecule has 5 nitrogen and oxygen atoms in total. The van der Waals surface area contributed by atoms with Crippen molar-refractivity contribution in [1.82, 2.24) is 9.88 Å². The van der Waals surface area contributed by atoms with Crippen molar-refractivity contribution in [1.29, 1.82) is 0 Å². The van der Waals surface area contributed by atoms with Crippen LogP contribution >= 0.6 is 12.4 Å². The van der Waals surface area contributed by atoms with Crippen molar-refractivity contribution >= 4 is 24.1 Å². The van der Waals surface area contributed by atoms with Crippen molar-refractivity contribution in [3.05, 3.63) is 65.6 Å². The average molecular weight is 373 g/mol. The van der Waals surface area contributed by atoms with Gasteiger partial charge < -0.3 is 14.6 Å². The fourth-order valence-electron chi connectivity index (χ4n) is 3.64. The average Bonchev–Trinajstić information content (AvgIpc) is 3.15. The fraction of sp³-hybridized carbons (Fsp3) is 0.300. The van der Waals surface area contributed by atoms with E-state index < -0.39 is 5.41 Å². The minimum Gasteiger partial charge on any atom is -0.488 e. The van der Waals surface area contributed by atoms with Crippen LogP contribution in [0.15, 0.2) is 54.5 Å². The van der Waals surface area contributed by atoms with Gasteiger partial charge in [-0.3, -0.25) is 9.59 Å². The highest BCUT2D eigenvalue weighted by atomic mass is 35.5. The summed E-state index contributed by atoms with van der Waals surface area (Å²) in [6.45, 7) is 4.28. The maximum Gasteiger partial charge on any atom is 0.244 e. The van der Waals surface area contributed by atoms with Crippen LogP contribution in [0.2, 0.25) is 0 Å². The summed E-state index contributed by atoms with van der Waals surface area (Å²) in [4.78, 5) is 24.7. The number of nitrogens with one attached hydrogen (secondary N) is 1. The first-order chi connectivity index (χ1) is 12.0. The predicted octanol–water partition coefficient (Wildman–Crippen LogP) is 2.91. The number of aromatic nitrogens is 1. The normalized spacial score (nSPS) is 23.2. The van der Waals surface area contributed by atoms with Crippen molar-refractivity contribution in [3.63, 3.8) is 0 Å². The van der Waals surface area contributed by atoms with E-state index in [9.17, 15) is 9.59 Å². The van der Waals surface area contributed by atoms with Crippen LogP contribution in [-0.4, -0.2) is 22.4 Å². The van der Waals surface area contributed by atoms with Crippen LogP contribution in [0.4, 0.5) is 0 Å². The number of carbonyl (C=O) groups excluding carboxylic acids is 2. The zero-order valence-corrected chi connectivity index (χ0v) is 15.5. The van der Waals surface area contributed by atoms with E-state index in [-0.39, 0.29) is 43.2 Å². The van der Waals surface area contributed by atoms with Crippen molar-refractivity contribution in [2.45, 2.75) is 38.3 Å². The molecule has 2 aromatic rings. The first-order valence-corrected chi connectivity index (χ1v) is 8.40. The summed E-state index contributed by atoms with van der Waals surface area (Å²) in [6.07, 6.45) is 5.54. The van der Waals surface area contributed by atoms with Crippen LogP contribution in [0.5, 0.6) is 5.75 Å². The largest absolute Gasteiger partial charge is 0.488 e. The molecule has 0 spiro atoms. The topological polar surface area (TPSA) is 60.3 Å². The van der Waals surface area contributed by atoms with Gasteiger partial charge in [0.2, 0.25) is 5.91 Å². The second-order valence-corrected chi connectivity index (χ2v) is 6.98. The van der Waals surface area contributed by atoms with Crippen molar-refractivity contribution in [3.8, 4) is 5.75 Å². The monoisotopic (exact) mass is 372 g/mol. The third kappa shape index (κ3) is 3.03. The van der Waals surface area contributed by atoms with Gasteiger partial charge >= 0.3 is 0 Å². The van der Waals surface area contributed by atoms with E-state index >= 15 is 0 Å². The zero-order chi connectivity index (χ0) is 17.6. The van der Waals surface area contributed by atoms with Gasteiger partial charge in [-0.25, -0.2) is 0 Å². The van der Waals surface area contributed by atoms with E-state index in [1.54, 1.807) is 4.57 Å². The number of ketones is 1. The molecule has 136 valence electrons. The molecule has 2 atom stereocenters. The van der Waals surface area contributed by atoms with Crippen LogP contribution in [0.1, 0.15) is 24.5 Å². The molecule has 1 amide bonds. The summed E-state index contributed by atoms with van der Waals surface area (Å²) in [5.74, 6) is 0.524. The molecule has 1 aliphatic carbocycles. The molecule has 0 radical (unpaired) electrons.